The van der Waals surface area contributed by atoms with Crippen LogP contribution in [0.5, 0.6) is 0 Å². The number of pyridine rings is 1. The molecule has 0 fully saturated rings. The molecule has 0 bridgehead atoms. The Morgan fingerprint density at radius 2 is 1.95 bits per heavy atom. The Kier molecular flexibility index (Phi) is 6.23. The maximum atomic E-state index is 12.1. The molecule has 1 N–H and O–H groups in total. The topological polar surface area (TPSA) is 32.9 Å². The number of nitrogens with one attached hydrogen (secondary N) is 1. The standard InChI is InChI=1S/C20H29NO/c1-4-15(2)11-7-5-6-8-14-19-18-13-10-9-12-17(18)16(3)20(22)21-19/h5,7,11H,4,6,8-10,12-14H2,1-3H3,(H,21,22)/b7-5-,15-11+. The summed E-state index contributed by atoms with van der Waals surface area (Å²) in [5.41, 5.74) is 6.44. The van der Waals surface area contributed by atoms with Crippen LogP contribution < -0.4 is 5.56 Å². The third-order valence-electron chi connectivity index (χ3n) is 4.76. The fraction of sp³-hybridized carbons (Fsp3) is 0.550. The van der Waals surface area contributed by atoms with Gasteiger partial charge < -0.3 is 4.98 Å². The minimum Gasteiger partial charge on any atom is -0.326 e. The molecule has 0 spiro atoms. The first-order valence-electron chi connectivity index (χ1n) is 8.69. The Hall–Kier alpha value is -1.57. The largest absolute Gasteiger partial charge is 0.326 e. The summed E-state index contributed by atoms with van der Waals surface area (Å²) in [5, 5.41) is 0. The van der Waals surface area contributed by atoms with E-state index < -0.39 is 0 Å². The summed E-state index contributed by atoms with van der Waals surface area (Å²) in [6.07, 6.45) is 15.5. The molecule has 0 aliphatic heterocycles. The molecule has 0 radical (unpaired) electrons. The van der Waals surface area contributed by atoms with Gasteiger partial charge in [0.2, 0.25) is 0 Å². The first-order valence-corrected chi connectivity index (χ1v) is 8.69. The first kappa shape index (κ1) is 16.8. The lowest BCUT2D eigenvalue weighted by Crippen LogP contribution is -2.21. The second kappa shape index (κ2) is 8.17. The van der Waals surface area contributed by atoms with Crippen LogP contribution in [0.1, 0.15) is 68.3 Å². The van der Waals surface area contributed by atoms with E-state index in [1.807, 2.05) is 6.92 Å². The lowest BCUT2D eigenvalue weighted by Gasteiger charge is -2.20. The number of unbranched alkanes of at least 4 members (excludes halogenated alkanes) is 1. The van der Waals surface area contributed by atoms with Crippen LogP contribution in [0.4, 0.5) is 0 Å². The predicted molar refractivity (Wildman–Crippen MR) is 94.6 cm³/mol. The van der Waals surface area contributed by atoms with Crippen molar-refractivity contribution in [3.05, 3.63) is 56.5 Å². The van der Waals surface area contributed by atoms with Crippen LogP contribution in [0.2, 0.25) is 0 Å². The quantitative estimate of drug-likeness (QED) is 0.594. The average Bonchev–Trinajstić information content (AvgIpc) is 2.54. The van der Waals surface area contributed by atoms with Crippen molar-refractivity contribution in [2.45, 2.75) is 72.1 Å². The van der Waals surface area contributed by atoms with Gasteiger partial charge in [0.15, 0.2) is 0 Å². The molecule has 1 heterocycles. The van der Waals surface area contributed by atoms with Gasteiger partial charge in [0.05, 0.1) is 0 Å². The van der Waals surface area contributed by atoms with E-state index in [-0.39, 0.29) is 5.56 Å². The molecule has 2 nitrogen and oxygen atoms in total. The molecule has 0 atom stereocenters. The second-order valence-electron chi connectivity index (χ2n) is 6.41. The summed E-state index contributed by atoms with van der Waals surface area (Å²) in [6, 6.07) is 0. The van der Waals surface area contributed by atoms with Crippen LogP contribution in [0.3, 0.4) is 0 Å². The molecular formula is C20H29NO. The molecule has 0 saturated heterocycles. The zero-order valence-corrected chi connectivity index (χ0v) is 14.3. The van der Waals surface area contributed by atoms with Crippen molar-refractivity contribution >= 4 is 0 Å². The van der Waals surface area contributed by atoms with Gasteiger partial charge in [-0.15, -0.1) is 0 Å². The molecular weight excluding hydrogens is 270 g/mol. The van der Waals surface area contributed by atoms with Gasteiger partial charge in [0.1, 0.15) is 0 Å². The molecule has 120 valence electrons. The molecule has 2 heteroatoms. The van der Waals surface area contributed by atoms with Crippen LogP contribution in [0, 0.1) is 6.92 Å². The number of aromatic amines is 1. The fourth-order valence-electron chi connectivity index (χ4n) is 3.15. The summed E-state index contributed by atoms with van der Waals surface area (Å²) >= 11 is 0. The van der Waals surface area contributed by atoms with E-state index in [2.05, 4.69) is 37.1 Å². The van der Waals surface area contributed by atoms with Gasteiger partial charge in [-0.3, -0.25) is 4.79 Å². The van der Waals surface area contributed by atoms with E-state index in [9.17, 15) is 4.79 Å². The van der Waals surface area contributed by atoms with Crippen molar-refractivity contribution in [3.8, 4) is 0 Å². The summed E-state index contributed by atoms with van der Waals surface area (Å²) < 4.78 is 0. The van der Waals surface area contributed by atoms with Crippen LogP contribution >= 0.6 is 0 Å². The lowest BCUT2D eigenvalue weighted by molar-refractivity contribution is 0.659. The van der Waals surface area contributed by atoms with Gasteiger partial charge in [0.25, 0.3) is 5.56 Å². The summed E-state index contributed by atoms with van der Waals surface area (Å²) in [7, 11) is 0. The molecule has 1 aliphatic carbocycles. The zero-order valence-electron chi connectivity index (χ0n) is 14.3. The smallest absolute Gasteiger partial charge is 0.251 e. The van der Waals surface area contributed by atoms with Crippen molar-refractivity contribution in [3.63, 3.8) is 0 Å². The zero-order chi connectivity index (χ0) is 15.9. The molecule has 0 amide bonds. The monoisotopic (exact) mass is 299 g/mol. The average molecular weight is 299 g/mol. The number of fused-ring (bicyclic) bond motifs is 1. The van der Waals surface area contributed by atoms with Crippen LogP contribution in [0.25, 0.3) is 0 Å². The van der Waals surface area contributed by atoms with Gasteiger partial charge >= 0.3 is 0 Å². The Balaban J connectivity index is 1.99. The van der Waals surface area contributed by atoms with E-state index in [0.29, 0.717) is 0 Å². The van der Waals surface area contributed by atoms with Gasteiger partial charge in [0, 0.05) is 11.3 Å². The van der Waals surface area contributed by atoms with Gasteiger partial charge in [-0.2, -0.15) is 0 Å². The van der Waals surface area contributed by atoms with E-state index in [0.717, 1.165) is 44.1 Å². The Morgan fingerprint density at radius 3 is 2.68 bits per heavy atom. The predicted octanol–water partition coefficient (Wildman–Crippen LogP) is 4.80. The number of rotatable bonds is 6. The maximum absolute atomic E-state index is 12.1. The molecule has 22 heavy (non-hydrogen) atoms. The second-order valence-corrected chi connectivity index (χ2v) is 6.41. The fourth-order valence-corrected chi connectivity index (χ4v) is 3.15. The molecule has 0 unspecified atom stereocenters. The Morgan fingerprint density at radius 1 is 1.23 bits per heavy atom. The van der Waals surface area contributed by atoms with Crippen molar-refractivity contribution in [2.24, 2.45) is 0 Å². The first-order chi connectivity index (χ1) is 10.6. The number of aryl methyl sites for hydroxylation is 1. The van der Waals surface area contributed by atoms with Crippen LogP contribution in [-0.4, -0.2) is 4.98 Å². The minimum absolute atomic E-state index is 0.118. The summed E-state index contributed by atoms with van der Waals surface area (Å²) in [6.45, 7) is 6.31. The SMILES string of the molecule is CC/C(C)=C/C=C\CCCc1[nH]c(=O)c(C)c2c1CCCC2. The Labute approximate surface area is 134 Å². The number of aromatic nitrogens is 1. The summed E-state index contributed by atoms with van der Waals surface area (Å²) in [5.74, 6) is 0. The highest BCUT2D eigenvalue weighted by Gasteiger charge is 2.17. The van der Waals surface area contributed by atoms with Crippen molar-refractivity contribution < 1.29 is 0 Å². The van der Waals surface area contributed by atoms with Crippen molar-refractivity contribution in [1.29, 1.82) is 0 Å². The van der Waals surface area contributed by atoms with E-state index in [4.69, 9.17) is 0 Å². The Bertz CT molecular complexity index is 619. The van der Waals surface area contributed by atoms with Gasteiger partial charge in [-0.25, -0.2) is 0 Å². The molecule has 2 rings (SSSR count). The highest BCUT2D eigenvalue weighted by Crippen LogP contribution is 2.25. The highest BCUT2D eigenvalue weighted by atomic mass is 16.1. The third kappa shape index (κ3) is 4.22. The van der Waals surface area contributed by atoms with Gasteiger partial charge in [-0.05, 0) is 76.3 Å². The van der Waals surface area contributed by atoms with Crippen molar-refractivity contribution in [2.75, 3.05) is 0 Å². The maximum Gasteiger partial charge on any atom is 0.251 e. The number of allylic oxidation sites excluding steroid dienone is 4. The van der Waals surface area contributed by atoms with E-state index >= 15 is 0 Å². The highest BCUT2D eigenvalue weighted by molar-refractivity contribution is 5.37. The molecule has 0 aromatic carbocycles. The third-order valence-corrected chi connectivity index (χ3v) is 4.76. The minimum atomic E-state index is 0.118. The molecule has 1 aromatic rings. The molecule has 1 aliphatic rings. The van der Waals surface area contributed by atoms with E-state index in [1.165, 1.54) is 35.2 Å². The van der Waals surface area contributed by atoms with Crippen molar-refractivity contribution in [1.82, 2.24) is 4.98 Å². The van der Waals surface area contributed by atoms with Crippen LogP contribution in [-0.2, 0) is 19.3 Å². The van der Waals surface area contributed by atoms with Gasteiger partial charge in [-0.1, -0.05) is 30.7 Å². The normalized spacial score (nSPS) is 15.3. The van der Waals surface area contributed by atoms with E-state index in [1.54, 1.807) is 0 Å². The molecule has 0 saturated carbocycles. The number of hydrogen-bond acceptors (Lipinski definition) is 1. The van der Waals surface area contributed by atoms with Crippen LogP contribution in [0.15, 0.2) is 28.6 Å². The number of H-pyrrole nitrogens is 1. The lowest BCUT2D eigenvalue weighted by atomic mass is 9.87. The summed E-state index contributed by atoms with van der Waals surface area (Å²) in [4.78, 5) is 15.2. The molecule has 1 aromatic heterocycles. The number of hydrogen-bond donors (Lipinski definition) is 1.